The van der Waals surface area contributed by atoms with Gasteiger partial charge in [0.25, 0.3) is 0 Å². The Hall–Kier alpha value is -0.120. The molecular weight excluding hydrogens is 138 g/mol. The summed E-state index contributed by atoms with van der Waals surface area (Å²) >= 11 is 0. The molecule has 0 bridgehead atoms. The first-order chi connectivity index (χ1) is 5.16. The fourth-order valence-electron chi connectivity index (χ4n) is 1.72. The Kier molecular flexibility index (Phi) is 2.87. The van der Waals surface area contributed by atoms with E-state index in [1.54, 1.807) is 0 Å². The molecule has 3 heteroatoms. The minimum absolute atomic E-state index is 0.536. The lowest BCUT2D eigenvalue weighted by Gasteiger charge is -2.42. The van der Waals surface area contributed by atoms with Crippen molar-refractivity contribution in [3.63, 3.8) is 0 Å². The molecule has 0 radical (unpaired) electrons. The number of piperazine rings is 1. The van der Waals surface area contributed by atoms with Gasteiger partial charge in [0.05, 0.1) is 0 Å². The second kappa shape index (κ2) is 3.52. The molecule has 1 aliphatic rings. The van der Waals surface area contributed by atoms with Gasteiger partial charge in [0.15, 0.2) is 0 Å². The molecule has 0 aromatic carbocycles. The number of rotatable bonds is 1. The Morgan fingerprint density at radius 2 is 1.82 bits per heavy atom. The van der Waals surface area contributed by atoms with Gasteiger partial charge in [0.2, 0.25) is 0 Å². The lowest BCUT2D eigenvalue weighted by Crippen LogP contribution is -2.58. The van der Waals surface area contributed by atoms with Crippen molar-refractivity contribution in [2.75, 3.05) is 33.7 Å². The van der Waals surface area contributed by atoms with Gasteiger partial charge in [-0.05, 0) is 21.0 Å². The first-order valence-corrected chi connectivity index (χ1v) is 4.27. The molecule has 2 atom stereocenters. The van der Waals surface area contributed by atoms with Gasteiger partial charge in [0, 0.05) is 31.7 Å². The average molecular weight is 157 g/mol. The molecule has 0 saturated carbocycles. The first kappa shape index (κ1) is 8.97. The van der Waals surface area contributed by atoms with Gasteiger partial charge < -0.3 is 10.6 Å². The third-order valence-electron chi connectivity index (χ3n) is 2.87. The van der Waals surface area contributed by atoms with Crippen LogP contribution in [0.3, 0.4) is 0 Å². The Morgan fingerprint density at radius 1 is 1.27 bits per heavy atom. The minimum atomic E-state index is 0.536. The van der Waals surface area contributed by atoms with Crippen LogP contribution >= 0.6 is 0 Å². The van der Waals surface area contributed by atoms with Crippen LogP contribution in [-0.2, 0) is 0 Å². The lowest BCUT2D eigenvalue weighted by atomic mass is 10.0. The summed E-state index contributed by atoms with van der Waals surface area (Å²) in [6.45, 7) is 5.31. The van der Waals surface area contributed by atoms with Gasteiger partial charge in [-0.3, -0.25) is 4.90 Å². The van der Waals surface area contributed by atoms with Crippen LogP contribution in [0.1, 0.15) is 6.92 Å². The Labute approximate surface area is 69.1 Å². The minimum Gasteiger partial charge on any atom is -0.329 e. The zero-order valence-electron chi connectivity index (χ0n) is 7.75. The molecule has 11 heavy (non-hydrogen) atoms. The van der Waals surface area contributed by atoms with E-state index >= 15 is 0 Å². The highest BCUT2D eigenvalue weighted by Crippen LogP contribution is 2.12. The summed E-state index contributed by atoms with van der Waals surface area (Å²) < 4.78 is 0. The predicted molar refractivity (Wildman–Crippen MR) is 47.6 cm³/mol. The first-order valence-electron chi connectivity index (χ1n) is 4.27. The molecule has 0 aromatic rings. The molecule has 0 spiro atoms. The van der Waals surface area contributed by atoms with Crippen LogP contribution in [0.15, 0.2) is 0 Å². The van der Waals surface area contributed by atoms with Crippen LogP contribution in [0.5, 0.6) is 0 Å². The van der Waals surface area contributed by atoms with Gasteiger partial charge in [-0.25, -0.2) is 0 Å². The summed E-state index contributed by atoms with van der Waals surface area (Å²) in [5.74, 6) is 0. The summed E-state index contributed by atoms with van der Waals surface area (Å²) in [7, 11) is 4.32. The molecule has 1 fully saturated rings. The van der Waals surface area contributed by atoms with Crippen LogP contribution in [0.4, 0.5) is 0 Å². The van der Waals surface area contributed by atoms with Crippen LogP contribution < -0.4 is 5.73 Å². The maximum Gasteiger partial charge on any atom is 0.0368 e. The Morgan fingerprint density at radius 3 is 2.27 bits per heavy atom. The van der Waals surface area contributed by atoms with E-state index in [-0.39, 0.29) is 0 Å². The summed E-state index contributed by atoms with van der Waals surface area (Å²) in [6.07, 6.45) is 0. The number of hydrogen-bond donors (Lipinski definition) is 1. The molecule has 2 N–H and O–H groups in total. The Balaban J connectivity index is 2.55. The van der Waals surface area contributed by atoms with Crippen LogP contribution in [-0.4, -0.2) is 55.6 Å². The largest absolute Gasteiger partial charge is 0.329 e. The maximum atomic E-state index is 5.68. The van der Waals surface area contributed by atoms with Crippen molar-refractivity contribution in [3.05, 3.63) is 0 Å². The number of nitrogens with two attached hydrogens (primary N) is 1. The van der Waals surface area contributed by atoms with Gasteiger partial charge in [-0.15, -0.1) is 0 Å². The third kappa shape index (κ3) is 1.72. The number of likely N-dealkylation sites (N-methyl/N-ethyl adjacent to an activating group) is 2. The predicted octanol–water partition coefficient (Wildman–Crippen LogP) is -0.421. The van der Waals surface area contributed by atoms with Crippen LogP contribution in [0.25, 0.3) is 0 Å². The zero-order valence-corrected chi connectivity index (χ0v) is 7.75. The molecule has 0 aromatic heterocycles. The molecule has 0 aliphatic carbocycles. The molecular formula is C8H19N3. The molecule has 1 aliphatic heterocycles. The number of nitrogens with zero attached hydrogens (tertiary/aromatic N) is 2. The lowest BCUT2D eigenvalue weighted by molar-refractivity contribution is 0.0667. The van der Waals surface area contributed by atoms with E-state index in [0.717, 1.165) is 19.6 Å². The van der Waals surface area contributed by atoms with Crippen molar-refractivity contribution in [1.29, 1.82) is 0 Å². The molecule has 2 unspecified atom stereocenters. The summed E-state index contributed by atoms with van der Waals surface area (Å²) in [5, 5.41) is 0. The van der Waals surface area contributed by atoms with Crippen molar-refractivity contribution in [2.24, 2.45) is 5.73 Å². The molecule has 0 amide bonds. The van der Waals surface area contributed by atoms with Crippen molar-refractivity contribution >= 4 is 0 Å². The summed E-state index contributed by atoms with van der Waals surface area (Å²) in [4.78, 5) is 4.72. The van der Waals surface area contributed by atoms with E-state index in [9.17, 15) is 0 Å². The third-order valence-corrected chi connectivity index (χ3v) is 2.87. The van der Waals surface area contributed by atoms with E-state index in [2.05, 4.69) is 30.8 Å². The molecule has 1 heterocycles. The monoisotopic (exact) mass is 157 g/mol. The van der Waals surface area contributed by atoms with E-state index in [1.165, 1.54) is 0 Å². The van der Waals surface area contributed by atoms with Gasteiger partial charge in [-0.2, -0.15) is 0 Å². The van der Waals surface area contributed by atoms with Gasteiger partial charge in [-0.1, -0.05) is 0 Å². The maximum absolute atomic E-state index is 5.68. The zero-order chi connectivity index (χ0) is 8.43. The van der Waals surface area contributed by atoms with Crippen molar-refractivity contribution in [3.8, 4) is 0 Å². The standard InChI is InChI=1S/C8H19N3/c1-7-8(6-9)11(3)5-4-10(7)2/h7-8H,4-6,9H2,1-3H3. The van der Waals surface area contributed by atoms with E-state index in [4.69, 9.17) is 5.73 Å². The highest BCUT2D eigenvalue weighted by molar-refractivity contribution is 4.86. The average Bonchev–Trinajstić information content (AvgIpc) is 1.99. The smallest absolute Gasteiger partial charge is 0.0368 e. The molecule has 1 saturated heterocycles. The normalized spacial score (nSPS) is 36.0. The quantitative estimate of drug-likeness (QED) is 0.561. The summed E-state index contributed by atoms with van der Waals surface area (Å²) in [6, 6.07) is 1.13. The van der Waals surface area contributed by atoms with Gasteiger partial charge in [0.1, 0.15) is 0 Å². The highest BCUT2D eigenvalue weighted by atomic mass is 15.3. The fourth-order valence-corrected chi connectivity index (χ4v) is 1.72. The van der Waals surface area contributed by atoms with Crippen molar-refractivity contribution in [1.82, 2.24) is 9.80 Å². The van der Waals surface area contributed by atoms with E-state index in [0.29, 0.717) is 12.1 Å². The topological polar surface area (TPSA) is 32.5 Å². The highest BCUT2D eigenvalue weighted by Gasteiger charge is 2.27. The van der Waals surface area contributed by atoms with E-state index in [1.807, 2.05) is 0 Å². The fraction of sp³-hybridized carbons (Fsp3) is 1.00. The molecule has 3 nitrogen and oxygen atoms in total. The molecule has 1 rings (SSSR count). The van der Waals surface area contributed by atoms with Crippen LogP contribution in [0.2, 0.25) is 0 Å². The second-order valence-corrected chi connectivity index (χ2v) is 3.50. The number of hydrogen-bond acceptors (Lipinski definition) is 3. The second-order valence-electron chi connectivity index (χ2n) is 3.50. The van der Waals surface area contributed by atoms with Crippen molar-refractivity contribution in [2.45, 2.75) is 19.0 Å². The Bertz CT molecular complexity index is 127. The van der Waals surface area contributed by atoms with Gasteiger partial charge >= 0.3 is 0 Å². The van der Waals surface area contributed by atoms with Crippen LogP contribution in [0, 0.1) is 0 Å². The summed E-state index contributed by atoms with van der Waals surface area (Å²) in [5.41, 5.74) is 5.68. The van der Waals surface area contributed by atoms with Crippen molar-refractivity contribution < 1.29 is 0 Å². The molecule has 66 valence electrons. The SMILES string of the molecule is CC1C(CN)N(C)CCN1C. The van der Waals surface area contributed by atoms with E-state index < -0.39 is 0 Å².